The highest BCUT2D eigenvalue weighted by atomic mass is 32.2. The van der Waals surface area contributed by atoms with Gasteiger partial charge < -0.3 is 10.5 Å². The number of ether oxygens (including phenoxy) is 1. The molecule has 1 aromatic heterocycles. The molecule has 0 saturated heterocycles. The largest absolute Gasteiger partial charge is 0.420 e. The van der Waals surface area contributed by atoms with E-state index in [1.54, 1.807) is 11.8 Å². The summed E-state index contributed by atoms with van der Waals surface area (Å²) in [5.41, 5.74) is 10.4. The van der Waals surface area contributed by atoms with E-state index in [2.05, 4.69) is 47.5 Å². The summed E-state index contributed by atoms with van der Waals surface area (Å²) in [6.07, 6.45) is 0. The molecule has 3 N–H and O–H groups in total. The van der Waals surface area contributed by atoms with Crippen molar-refractivity contribution in [1.29, 1.82) is 5.26 Å². The maximum atomic E-state index is 9.68. The van der Waals surface area contributed by atoms with Crippen molar-refractivity contribution in [2.45, 2.75) is 23.5 Å². The first-order valence-corrected chi connectivity index (χ1v) is 9.55. The molecule has 0 aliphatic carbocycles. The Morgan fingerprint density at radius 1 is 1.19 bits per heavy atom. The second-order valence-corrected chi connectivity index (χ2v) is 7.41. The molecular formula is C21H18N4OS. The molecular weight excluding hydrogens is 356 g/mol. The lowest BCUT2D eigenvalue weighted by Crippen LogP contribution is -2.21. The highest BCUT2D eigenvalue weighted by Crippen LogP contribution is 2.43. The second-order valence-electron chi connectivity index (χ2n) is 6.36. The molecule has 5 nitrogen and oxygen atoms in total. The smallest absolute Gasteiger partial charge is 0.244 e. The standard InChI is InChI=1S/C21H18N4OS/c1-13-7-9-15(10-8-13)27-12-17-19-18(14-5-3-2-4-6-14)16(11-22)20(23)26-21(19)25-24-17/h2-10,18H,12,23H2,1H3,(H,24,25)/t18-/m1/s1. The van der Waals surface area contributed by atoms with Crippen LogP contribution in [0.1, 0.15) is 28.3 Å². The lowest BCUT2D eigenvalue weighted by Gasteiger charge is -2.24. The molecule has 0 fully saturated rings. The molecule has 1 aliphatic heterocycles. The van der Waals surface area contributed by atoms with Gasteiger partial charge >= 0.3 is 0 Å². The van der Waals surface area contributed by atoms with Crippen molar-refractivity contribution in [3.8, 4) is 11.9 Å². The normalized spacial score (nSPS) is 15.8. The number of nitrogens with zero attached hydrogens (tertiary/aromatic N) is 2. The highest BCUT2D eigenvalue weighted by Gasteiger charge is 2.34. The summed E-state index contributed by atoms with van der Waals surface area (Å²) in [5, 5.41) is 17.0. The van der Waals surface area contributed by atoms with E-state index < -0.39 is 0 Å². The number of rotatable bonds is 4. The van der Waals surface area contributed by atoms with Crippen molar-refractivity contribution < 1.29 is 4.74 Å². The number of fused-ring (bicyclic) bond motifs is 1. The molecule has 0 saturated carbocycles. The number of benzene rings is 2. The minimum atomic E-state index is -0.285. The Morgan fingerprint density at radius 3 is 2.63 bits per heavy atom. The number of hydrogen-bond donors (Lipinski definition) is 2. The number of nitriles is 1. The van der Waals surface area contributed by atoms with Gasteiger partial charge in [-0.15, -0.1) is 16.9 Å². The summed E-state index contributed by atoms with van der Waals surface area (Å²) in [6, 6.07) is 20.5. The van der Waals surface area contributed by atoms with E-state index in [-0.39, 0.29) is 11.8 Å². The molecule has 6 heteroatoms. The average Bonchev–Trinajstić information content (AvgIpc) is 3.09. The number of aryl methyl sites for hydroxylation is 1. The van der Waals surface area contributed by atoms with E-state index in [4.69, 9.17) is 10.5 Å². The fourth-order valence-electron chi connectivity index (χ4n) is 3.19. The van der Waals surface area contributed by atoms with Gasteiger partial charge in [-0.2, -0.15) is 5.26 Å². The van der Waals surface area contributed by atoms with E-state index in [1.165, 1.54) is 10.5 Å². The van der Waals surface area contributed by atoms with Gasteiger partial charge in [0.25, 0.3) is 0 Å². The van der Waals surface area contributed by atoms with E-state index in [0.717, 1.165) is 16.8 Å². The molecule has 2 aromatic carbocycles. The molecule has 1 aliphatic rings. The van der Waals surface area contributed by atoms with Crippen molar-refractivity contribution in [2.75, 3.05) is 0 Å². The van der Waals surface area contributed by atoms with Gasteiger partial charge in [0.1, 0.15) is 11.6 Å². The fourth-order valence-corrected chi connectivity index (χ4v) is 4.05. The Balaban J connectivity index is 1.71. The van der Waals surface area contributed by atoms with Crippen molar-refractivity contribution in [3.05, 3.63) is 88.4 Å². The molecule has 1 atom stereocenters. The number of allylic oxidation sites excluding steroid dienone is 1. The van der Waals surface area contributed by atoms with Gasteiger partial charge in [0, 0.05) is 10.6 Å². The quantitative estimate of drug-likeness (QED) is 0.667. The van der Waals surface area contributed by atoms with Crippen LogP contribution in [-0.2, 0) is 5.75 Å². The number of H-pyrrole nitrogens is 1. The third-order valence-electron chi connectivity index (χ3n) is 4.55. The molecule has 0 spiro atoms. The molecule has 3 aromatic rings. The molecule has 0 bridgehead atoms. The van der Waals surface area contributed by atoms with Crippen molar-refractivity contribution in [2.24, 2.45) is 5.73 Å². The van der Waals surface area contributed by atoms with E-state index in [9.17, 15) is 5.26 Å². The zero-order chi connectivity index (χ0) is 18.8. The number of nitrogens with one attached hydrogen (secondary N) is 1. The van der Waals surface area contributed by atoms with Crippen molar-refractivity contribution in [3.63, 3.8) is 0 Å². The summed E-state index contributed by atoms with van der Waals surface area (Å²) in [4.78, 5) is 1.17. The Bertz CT molecular complexity index is 1030. The van der Waals surface area contributed by atoms with Crippen molar-refractivity contribution >= 4 is 11.8 Å². The van der Waals surface area contributed by atoms with Crippen LogP contribution in [0.2, 0.25) is 0 Å². The third kappa shape index (κ3) is 3.29. The van der Waals surface area contributed by atoms with Crippen LogP contribution in [0.25, 0.3) is 0 Å². The van der Waals surface area contributed by atoms with E-state index in [1.807, 2.05) is 30.3 Å². The van der Waals surface area contributed by atoms with Gasteiger partial charge in [-0.1, -0.05) is 48.0 Å². The van der Waals surface area contributed by atoms with Gasteiger partial charge in [0.2, 0.25) is 11.8 Å². The lowest BCUT2D eigenvalue weighted by atomic mass is 9.84. The Kier molecular flexibility index (Phi) is 4.61. The summed E-state index contributed by atoms with van der Waals surface area (Å²) in [5.74, 6) is 0.965. The van der Waals surface area contributed by atoms with Crippen LogP contribution in [0.3, 0.4) is 0 Å². The first-order chi connectivity index (χ1) is 13.2. The van der Waals surface area contributed by atoms with Crippen LogP contribution in [0.15, 0.2) is 70.9 Å². The van der Waals surface area contributed by atoms with E-state index in [0.29, 0.717) is 17.2 Å². The van der Waals surface area contributed by atoms with Gasteiger partial charge in [0.05, 0.1) is 17.2 Å². The monoisotopic (exact) mass is 374 g/mol. The number of hydrogen-bond acceptors (Lipinski definition) is 5. The Labute approximate surface area is 161 Å². The SMILES string of the molecule is Cc1ccc(SCc2[nH]nc3c2[C@H](c2ccccc2)C(C#N)=C(N)O3)cc1. The third-order valence-corrected chi connectivity index (χ3v) is 5.59. The van der Waals surface area contributed by atoms with E-state index >= 15 is 0 Å². The van der Waals surface area contributed by atoms with Crippen LogP contribution in [0, 0.1) is 18.3 Å². The van der Waals surface area contributed by atoms with Gasteiger partial charge in [0.15, 0.2) is 0 Å². The Hall–Kier alpha value is -3.17. The summed E-state index contributed by atoms with van der Waals surface area (Å²) in [6.45, 7) is 2.07. The first-order valence-electron chi connectivity index (χ1n) is 8.56. The Morgan fingerprint density at radius 2 is 1.93 bits per heavy atom. The van der Waals surface area contributed by atoms with Gasteiger partial charge in [-0.05, 0) is 24.6 Å². The van der Waals surface area contributed by atoms with Crippen LogP contribution >= 0.6 is 11.8 Å². The lowest BCUT2D eigenvalue weighted by molar-refractivity contribution is 0.379. The molecule has 27 heavy (non-hydrogen) atoms. The van der Waals surface area contributed by atoms with Crippen molar-refractivity contribution in [1.82, 2.24) is 10.2 Å². The molecule has 2 heterocycles. The van der Waals surface area contributed by atoms with Crippen LogP contribution in [-0.4, -0.2) is 10.2 Å². The van der Waals surface area contributed by atoms with Gasteiger partial charge in [-0.25, -0.2) is 0 Å². The molecule has 0 unspecified atom stereocenters. The summed E-state index contributed by atoms with van der Waals surface area (Å²) < 4.78 is 5.62. The average molecular weight is 374 g/mol. The maximum absolute atomic E-state index is 9.68. The minimum absolute atomic E-state index is 0.114. The number of thioether (sulfide) groups is 1. The molecule has 134 valence electrons. The topological polar surface area (TPSA) is 87.7 Å². The molecule has 0 amide bonds. The maximum Gasteiger partial charge on any atom is 0.244 e. The zero-order valence-corrected chi connectivity index (χ0v) is 15.6. The van der Waals surface area contributed by atoms with Crippen LogP contribution in [0.5, 0.6) is 5.88 Å². The predicted octanol–water partition coefficient (Wildman–Crippen LogP) is 4.23. The first kappa shape index (κ1) is 17.3. The number of aromatic nitrogens is 2. The fraction of sp³-hybridized carbons (Fsp3) is 0.143. The number of aromatic amines is 1. The number of nitrogens with two attached hydrogens (primary N) is 1. The molecule has 0 radical (unpaired) electrons. The highest BCUT2D eigenvalue weighted by molar-refractivity contribution is 7.98. The summed E-state index contributed by atoms with van der Waals surface area (Å²) >= 11 is 1.71. The summed E-state index contributed by atoms with van der Waals surface area (Å²) in [7, 11) is 0. The van der Waals surface area contributed by atoms with Crippen LogP contribution < -0.4 is 10.5 Å². The second kappa shape index (κ2) is 7.22. The molecule has 4 rings (SSSR count). The van der Waals surface area contributed by atoms with Crippen LogP contribution in [0.4, 0.5) is 0 Å². The zero-order valence-electron chi connectivity index (χ0n) is 14.8. The minimum Gasteiger partial charge on any atom is -0.420 e. The van der Waals surface area contributed by atoms with Gasteiger partial charge in [-0.3, -0.25) is 5.10 Å². The predicted molar refractivity (Wildman–Crippen MR) is 105 cm³/mol.